The van der Waals surface area contributed by atoms with Crippen molar-refractivity contribution in [3.8, 4) is 10.6 Å². The SMILES string of the molecule is CCNC(C)c1nnc(-c2cc(C)nc3ccccc23)s1. The van der Waals surface area contributed by atoms with Gasteiger partial charge < -0.3 is 5.32 Å². The lowest BCUT2D eigenvalue weighted by Gasteiger charge is -2.07. The Morgan fingerprint density at radius 1 is 1.24 bits per heavy atom. The van der Waals surface area contributed by atoms with Crippen LogP contribution in [0.1, 0.15) is 30.6 Å². The molecule has 1 atom stereocenters. The lowest BCUT2D eigenvalue weighted by Crippen LogP contribution is -2.17. The zero-order valence-corrected chi connectivity index (χ0v) is 13.2. The molecule has 4 nitrogen and oxygen atoms in total. The highest BCUT2D eigenvalue weighted by molar-refractivity contribution is 7.14. The number of pyridine rings is 1. The quantitative estimate of drug-likeness (QED) is 0.797. The predicted octanol–water partition coefficient (Wildman–Crippen LogP) is 3.73. The number of aryl methyl sites for hydroxylation is 1. The molecule has 3 aromatic rings. The van der Waals surface area contributed by atoms with Crippen LogP contribution in [0.2, 0.25) is 0 Å². The Kier molecular flexibility index (Phi) is 3.94. The smallest absolute Gasteiger partial charge is 0.148 e. The van der Waals surface area contributed by atoms with Crippen molar-refractivity contribution in [2.45, 2.75) is 26.8 Å². The van der Waals surface area contributed by atoms with Gasteiger partial charge in [-0.25, -0.2) is 0 Å². The molecule has 0 saturated carbocycles. The van der Waals surface area contributed by atoms with Crippen LogP contribution in [0, 0.1) is 6.92 Å². The molecule has 3 rings (SSSR count). The third-order valence-corrected chi connectivity index (χ3v) is 4.54. The van der Waals surface area contributed by atoms with Gasteiger partial charge in [-0.2, -0.15) is 0 Å². The highest BCUT2D eigenvalue weighted by Gasteiger charge is 2.14. The molecule has 0 spiro atoms. The fourth-order valence-corrected chi connectivity index (χ4v) is 3.30. The molecule has 2 aromatic heterocycles. The van der Waals surface area contributed by atoms with Crippen molar-refractivity contribution >= 4 is 22.2 Å². The first kappa shape index (κ1) is 14.1. The third kappa shape index (κ3) is 2.80. The number of nitrogens with one attached hydrogen (secondary N) is 1. The molecule has 0 aliphatic heterocycles. The number of rotatable bonds is 4. The number of fused-ring (bicyclic) bond motifs is 1. The van der Waals surface area contributed by atoms with Gasteiger partial charge in [-0.15, -0.1) is 10.2 Å². The average molecular weight is 298 g/mol. The summed E-state index contributed by atoms with van der Waals surface area (Å²) in [5, 5.41) is 15.2. The topological polar surface area (TPSA) is 50.7 Å². The van der Waals surface area contributed by atoms with Gasteiger partial charge in [0.15, 0.2) is 0 Å². The zero-order chi connectivity index (χ0) is 14.8. The summed E-state index contributed by atoms with van der Waals surface area (Å²) in [6.07, 6.45) is 0. The molecule has 0 saturated heterocycles. The summed E-state index contributed by atoms with van der Waals surface area (Å²) in [4.78, 5) is 4.58. The molecule has 0 aliphatic rings. The minimum atomic E-state index is 0.232. The van der Waals surface area contributed by atoms with Crippen molar-refractivity contribution in [3.05, 3.63) is 41.0 Å². The van der Waals surface area contributed by atoms with Crippen LogP contribution in [0.5, 0.6) is 0 Å². The van der Waals surface area contributed by atoms with E-state index < -0.39 is 0 Å². The van der Waals surface area contributed by atoms with E-state index in [-0.39, 0.29) is 6.04 Å². The van der Waals surface area contributed by atoms with Crippen LogP contribution in [-0.2, 0) is 0 Å². The van der Waals surface area contributed by atoms with Crippen molar-refractivity contribution in [3.63, 3.8) is 0 Å². The molecule has 0 amide bonds. The molecule has 108 valence electrons. The van der Waals surface area contributed by atoms with Crippen LogP contribution >= 0.6 is 11.3 Å². The summed E-state index contributed by atoms with van der Waals surface area (Å²) in [5.74, 6) is 0. The number of nitrogens with zero attached hydrogens (tertiary/aromatic N) is 3. The summed E-state index contributed by atoms with van der Waals surface area (Å²) < 4.78 is 0. The molecule has 0 radical (unpaired) electrons. The molecular formula is C16H18N4S. The number of hydrogen-bond acceptors (Lipinski definition) is 5. The van der Waals surface area contributed by atoms with E-state index in [1.807, 2.05) is 25.1 Å². The van der Waals surface area contributed by atoms with E-state index in [0.29, 0.717) is 0 Å². The largest absolute Gasteiger partial charge is 0.308 e. The van der Waals surface area contributed by atoms with E-state index in [1.54, 1.807) is 11.3 Å². The van der Waals surface area contributed by atoms with Gasteiger partial charge in [-0.05, 0) is 32.5 Å². The standard InChI is InChI=1S/C16H18N4S/c1-4-17-11(3)15-19-20-16(21-15)13-9-10(2)18-14-8-6-5-7-12(13)14/h5-9,11,17H,4H2,1-3H3. The Balaban J connectivity index is 2.08. The number of aromatic nitrogens is 3. The lowest BCUT2D eigenvalue weighted by molar-refractivity contribution is 0.590. The van der Waals surface area contributed by atoms with Gasteiger partial charge in [-0.3, -0.25) is 4.98 Å². The van der Waals surface area contributed by atoms with Crippen LogP contribution in [0.3, 0.4) is 0 Å². The van der Waals surface area contributed by atoms with Gasteiger partial charge in [0, 0.05) is 16.6 Å². The van der Waals surface area contributed by atoms with E-state index in [4.69, 9.17) is 0 Å². The molecule has 1 unspecified atom stereocenters. The van der Waals surface area contributed by atoms with E-state index in [9.17, 15) is 0 Å². The Morgan fingerprint density at radius 2 is 2.05 bits per heavy atom. The van der Waals surface area contributed by atoms with Crippen molar-refractivity contribution in [2.24, 2.45) is 0 Å². The summed E-state index contributed by atoms with van der Waals surface area (Å²) in [6.45, 7) is 7.15. The molecule has 0 fully saturated rings. The molecule has 0 bridgehead atoms. The summed E-state index contributed by atoms with van der Waals surface area (Å²) in [6, 6.07) is 10.5. The number of para-hydroxylation sites is 1. The Labute approximate surface area is 128 Å². The average Bonchev–Trinajstić information content (AvgIpc) is 2.96. The van der Waals surface area contributed by atoms with Crippen molar-refractivity contribution in [2.75, 3.05) is 6.54 Å². The molecule has 21 heavy (non-hydrogen) atoms. The maximum atomic E-state index is 4.58. The zero-order valence-electron chi connectivity index (χ0n) is 12.4. The van der Waals surface area contributed by atoms with Crippen molar-refractivity contribution in [1.82, 2.24) is 20.5 Å². The first-order valence-corrected chi connectivity index (χ1v) is 7.94. The van der Waals surface area contributed by atoms with Crippen molar-refractivity contribution < 1.29 is 0 Å². The van der Waals surface area contributed by atoms with Crippen LogP contribution in [0.15, 0.2) is 30.3 Å². The molecule has 0 aliphatic carbocycles. The molecule has 5 heteroatoms. The second kappa shape index (κ2) is 5.87. The highest BCUT2D eigenvalue weighted by Crippen LogP contribution is 2.32. The van der Waals surface area contributed by atoms with Gasteiger partial charge in [0.05, 0.1) is 11.6 Å². The van der Waals surface area contributed by atoms with Crippen LogP contribution < -0.4 is 5.32 Å². The van der Waals surface area contributed by atoms with E-state index in [0.717, 1.165) is 38.7 Å². The first-order valence-electron chi connectivity index (χ1n) is 7.12. The highest BCUT2D eigenvalue weighted by atomic mass is 32.1. The van der Waals surface area contributed by atoms with E-state index in [1.165, 1.54) is 0 Å². The van der Waals surface area contributed by atoms with Gasteiger partial charge in [-0.1, -0.05) is 36.5 Å². The molecule has 1 N–H and O–H groups in total. The normalized spacial score (nSPS) is 12.7. The predicted molar refractivity (Wildman–Crippen MR) is 87.5 cm³/mol. The summed E-state index contributed by atoms with van der Waals surface area (Å²) >= 11 is 1.65. The maximum absolute atomic E-state index is 4.58. The third-order valence-electron chi connectivity index (χ3n) is 3.40. The van der Waals surface area contributed by atoms with Gasteiger partial charge in [0.1, 0.15) is 10.0 Å². The maximum Gasteiger partial charge on any atom is 0.148 e. The Morgan fingerprint density at radius 3 is 2.86 bits per heavy atom. The Bertz CT molecular complexity index is 766. The van der Waals surface area contributed by atoms with Gasteiger partial charge in [0.2, 0.25) is 0 Å². The summed E-state index contributed by atoms with van der Waals surface area (Å²) in [5.41, 5.74) is 3.12. The van der Waals surface area contributed by atoms with Gasteiger partial charge >= 0.3 is 0 Å². The molecular weight excluding hydrogens is 280 g/mol. The van der Waals surface area contributed by atoms with Crippen LogP contribution in [-0.4, -0.2) is 21.7 Å². The second-order valence-electron chi connectivity index (χ2n) is 5.05. The minimum absolute atomic E-state index is 0.232. The molecule has 2 heterocycles. The fraction of sp³-hybridized carbons (Fsp3) is 0.312. The fourth-order valence-electron chi connectivity index (χ4n) is 2.40. The number of benzene rings is 1. The van der Waals surface area contributed by atoms with Crippen LogP contribution in [0.4, 0.5) is 0 Å². The van der Waals surface area contributed by atoms with E-state index >= 15 is 0 Å². The second-order valence-corrected chi connectivity index (χ2v) is 6.06. The van der Waals surface area contributed by atoms with Crippen LogP contribution in [0.25, 0.3) is 21.5 Å². The lowest BCUT2D eigenvalue weighted by atomic mass is 10.1. The van der Waals surface area contributed by atoms with Crippen molar-refractivity contribution in [1.29, 1.82) is 0 Å². The monoisotopic (exact) mass is 298 g/mol. The Hall–Kier alpha value is -1.85. The molecule has 1 aromatic carbocycles. The number of hydrogen-bond donors (Lipinski definition) is 1. The van der Waals surface area contributed by atoms with E-state index in [2.05, 4.69) is 46.5 Å². The summed E-state index contributed by atoms with van der Waals surface area (Å²) in [7, 11) is 0. The minimum Gasteiger partial charge on any atom is -0.308 e. The van der Waals surface area contributed by atoms with Gasteiger partial charge in [0.25, 0.3) is 0 Å². The first-order chi connectivity index (χ1) is 10.2.